The standard InChI is InChI=1S/C22H18F3NO2/c1-2-15-5-3-6-17(13-15)21(28)26-12-4-7-18(14-26)20(27)16-8-10-19(11-9-16)22(23,24)25/h1,3,5-6,8-11,13,18H,4,7,12,14H2/t18-/m0/s1. The molecular weight excluding hydrogens is 367 g/mol. The molecule has 2 aromatic rings. The number of amides is 1. The van der Waals surface area contributed by atoms with Crippen LogP contribution in [0.15, 0.2) is 48.5 Å². The fourth-order valence-electron chi connectivity index (χ4n) is 3.36. The highest BCUT2D eigenvalue weighted by Gasteiger charge is 2.32. The summed E-state index contributed by atoms with van der Waals surface area (Å²) in [6.45, 7) is 0.759. The quantitative estimate of drug-likeness (QED) is 0.579. The molecule has 0 saturated carbocycles. The summed E-state index contributed by atoms with van der Waals surface area (Å²) >= 11 is 0. The summed E-state index contributed by atoms with van der Waals surface area (Å²) < 4.78 is 38.1. The Morgan fingerprint density at radius 3 is 2.43 bits per heavy atom. The van der Waals surface area contributed by atoms with Crippen molar-refractivity contribution in [3.8, 4) is 12.3 Å². The molecular formula is C22H18F3NO2. The van der Waals surface area contributed by atoms with Crippen molar-refractivity contribution in [2.45, 2.75) is 19.0 Å². The van der Waals surface area contributed by atoms with Crippen LogP contribution < -0.4 is 0 Å². The van der Waals surface area contributed by atoms with Crippen LogP contribution in [0.1, 0.15) is 44.7 Å². The second-order valence-electron chi connectivity index (χ2n) is 6.75. The SMILES string of the molecule is C#Cc1cccc(C(=O)N2CCC[C@H](C(=O)c3ccc(C(F)(F)F)cc3)C2)c1. The largest absolute Gasteiger partial charge is 0.416 e. The molecule has 1 aliphatic rings. The second kappa shape index (κ2) is 7.89. The minimum Gasteiger partial charge on any atom is -0.338 e. The Balaban J connectivity index is 1.73. The molecule has 0 aliphatic carbocycles. The number of piperidine rings is 1. The van der Waals surface area contributed by atoms with Crippen LogP contribution in [-0.2, 0) is 6.18 Å². The van der Waals surface area contributed by atoms with E-state index in [-0.39, 0.29) is 23.8 Å². The molecule has 0 N–H and O–H groups in total. The maximum absolute atomic E-state index is 12.7. The average Bonchev–Trinajstić information content (AvgIpc) is 2.72. The first-order valence-corrected chi connectivity index (χ1v) is 8.87. The number of rotatable bonds is 3. The van der Waals surface area contributed by atoms with Crippen molar-refractivity contribution >= 4 is 11.7 Å². The number of carbonyl (C=O) groups is 2. The minimum absolute atomic E-state index is 0.206. The van der Waals surface area contributed by atoms with Crippen LogP contribution in [0.4, 0.5) is 13.2 Å². The lowest BCUT2D eigenvalue weighted by atomic mass is 9.89. The van der Waals surface area contributed by atoms with E-state index in [0.717, 1.165) is 12.1 Å². The summed E-state index contributed by atoms with van der Waals surface area (Å²) in [5.41, 5.74) is 0.484. The Morgan fingerprint density at radius 2 is 1.79 bits per heavy atom. The maximum Gasteiger partial charge on any atom is 0.416 e. The minimum atomic E-state index is -4.44. The van der Waals surface area contributed by atoms with Crippen LogP contribution in [0.5, 0.6) is 0 Å². The normalized spacial score (nSPS) is 17.1. The topological polar surface area (TPSA) is 37.4 Å². The number of alkyl halides is 3. The summed E-state index contributed by atoms with van der Waals surface area (Å²) in [5, 5.41) is 0. The second-order valence-corrected chi connectivity index (χ2v) is 6.75. The third-order valence-electron chi connectivity index (χ3n) is 4.85. The van der Waals surface area contributed by atoms with Gasteiger partial charge in [0.2, 0.25) is 0 Å². The van der Waals surface area contributed by atoms with E-state index in [0.29, 0.717) is 30.5 Å². The van der Waals surface area contributed by atoms with Crippen molar-refractivity contribution in [2.75, 3.05) is 13.1 Å². The van der Waals surface area contributed by atoms with Gasteiger partial charge in [-0.3, -0.25) is 9.59 Å². The number of terminal acetylenes is 1. The molecule has 1 atom stereocenters. The van der Waals surface area contributed by atoms with Gasteiger partial charge < -0.3 is 4.90 Å². The van der Waals surface area contributed by atoms with Crippen LogP contribution in [0.2, 0.25) is 0 Å². The van der Waals surface area contributed by atoms with E-state index in [1.54, 1.807) is 29.2 Å². The van der Waals surface area contributed by atoms with Crippen LogP contribution >= 0.6 is 0 Å². The van der Waals surface area contributed by atoms with Crippen LogP contribution in [-0.4, -0.2) is 29.7 Å². The van der Waals surface area contributed by atoms with Gasteiger partial charge in [0, 0.05) is 35.7 Å². The maximum atomic E-state index is 12.7. The fraction of sp³-hybridized carbons (Fsp3) is 0.273. The van der Waals surface area contributed by atoms with Crippen molar-refractivity contribution in [2.24, 2.45) is 5.92 Å². The number of nitrogens with zero attached hydrogens (tertiary/aromatic N) is 1. The third-order valence-corrected chi connectivity index (χ3v) is 4.85. The van der Waals surface area contributed by atoms with Crippen LogP contribution in [0.3, 0.4) is 0 Å². The van der Waals surface area contributed by atoms with Gasteiger partial charge in [0.05, 0.1) is 5.56 Å². The Kier molecular flexibility index (Phi) is 5.55. The van der Waals surface area contributed by atoms with E-state index in [2.05, 4.69) is 5.92 Å². The Labute approximate surface area is 161 Å². The van der Waals surface area contributed by atoms with Gasteiger partial charge in [-0.25, -0.2) is 0 Å². The van der Waals surface area contributed by atoms with Crippen LogP contribution in [0, 0.1) is 18.3 Å². The zero-order valence-corrected chi connectivity index (χ0v) is 15.0. The molecule has 1 saturated heterocycles. The van der Waals surface area contributed by atoms with Gasteiger partial charge >= 0.3 is 6.18 Å². The van der Waals surface area contributed by atoms with Crippen molar-refractivity contribution < 1.29 is 22.8 Å². The molecule has 1 fully saturated rings. The van der Waals surface area contributed by atoms with E-state index in [1.165, 1.54) is 12.1 Å². The highest BCUT2D eigenvalue weighted by molar-refractivity contribution is 5.99. The highest BCUT2D eigenvalue weighted by atomic mass is 19.4. The first-order valence-electron chi connectivity index (χ1n) is 8.87. The molecule has 1 aliphatic heterocycles. The van der Waals surface area contributed by atoms with Gasteiger partial charge in [-0.2, -0.15) is 13.2 Å². The van der Waals surface area contributed by atoms with Crippen molar-refractivity contribution in [3.05, 3.63) is 70.8 Å². The molecule has 3 rings (SSSR count). The molecule has 144 valence electrons. The lowest BCUT2D eigenvalue weighted by Crippen LogP contribution is -2.42. The molecule has 1 heterocycles. The van der Waals surface area contributed by atoms with Crippen molar-refractivity contribution in [1.82, 2.24) is 4.90 Å². The Bertz CT molecular complexity index is 926. The van der Waals surface area contributed by atoms with Gasteiger partial charge in [-0.05, 0) is 43.2 Å². The molecule has 2 aromatic carbocycles. The first kappa shape index (κ1) is 19.7. The number of halogens is 3. The predicted molar refractivity (Wildman–Crippen MR) is 98.8 cm³/mol. The molecule has 0 spiro atoms. The predicted octanol–water partition coefficient (Wildman–Crippen LogP) is 4.42. The van der Waals surface area contributed by atoms with Crippen molar-refractivity contribution in [3.63, 3.8) is 0 Å². The molecule has 6 heteroatoms. The molecule has 3 nitrogen and oxygen atoms in total. The number of Topliss-reactive ketones (excluding diaryl/α,β-unsaturated/α-hetero) is 1. The molecule has 1 amide bonds. The number of ketones is 1. The van der Waals surface area contributed by atoms with Gasteiger partial charge in [-0.1, -0.05) is 24.1 Å². The van der Waals surface area contributed by atoms with E-state index in [4.69, 9.17) is 6.42 Å². The smallest absolute Gasteiger partial charge is 0.338 e. The lowest BCUT2D eigenvalue weighted by molar-refractivity contribution is -0.137. The Hall–Kier alpha value is -3.07. The van der Waals surface area contributed by atoms with E-state index in [9.17, 15) is 22.8 Å². The van der Waals surface area contributed by atoms with Gasteiger partial charge in [0.1, 0.15) is 0 Å². The molecule has 28 heavy (non-hydrogen) atoms. The molecule has 0 aromatic heterocycles. The summed E-state index contributed by atoms with van der Waals surface area (Å²) in [4.78, 5) is 27.1. The lowest BCUT2D eigenvalue weighted by Gasteiger charge is -2.32. The number of carbonyl (C=O) groups excluding carboxylic acids is 2. The first-order chi connectivity index (χ1) is 13.3. The summed E-state index contributed by atoms with van der Waals surface area (Å²) in [6, 6.07) is 10.9. The zero-order valence-electron chi connectivity index (χ0n) is 15.0. The summed E-state index contributed by atoms with van der Waals surface area (Å²) in [7, 11) is 0. The van der Waals surface area contributed by atoms with Gasteiger partial charge in [-0.15, -0.1) is 6.42 Å². The zero-order chi connectivity index (χ0) is 20.3. The van der Waals surface area contributed by atoms with Crippen LogP contribution in [0.25, 0.3) is 0 Å². The number of hydrogen-bond acceptors (Lipinski definition) is 2. The van der Waals surface area contributed by atoms with Crippen molar-refractivity contribution in [1.29, 1.82) is 0 Å². The fourth-order valence-corrected chi connectivity index (χ4v) is 3.36. The number of hydrogen-bond donors (Lipinski definition) is 0. The Morgan fingerprint density at radius 1 is 1.07 bits per heavy atom. The molecule has 0 bridgehead atoms. The van der Waals surface area contributed by atoms with Gasteiger partial charge in [0.25, 0.3) is 5.91 Å². The third kappa shape index (κ3) is 4.25. The summed E-state index contributed by atoms with van der Waals surface area (Å²) in [6.07, 6.45) is 2.17. The van der Waals surface area contributed by atoms with Gasteiger partial charge in [0.15, 0.2) is 5.78 Å². The van der Waals surface area contributed by atoms with E-state index < -0.39 is 17.7 Å². The molecule has 0 unspecified atom stereocenters. The number of benzene rings is 2. The van der Waals surface area contributed by atoms with E-state index in [1.807, 2.05) is 0 Å². The highest BCUT2D eigenvalue weighted by Crippen LogP contribution is 2.30. The average molecular weight is 385 g/mol. The molecule has 0 radical (unpaired) electrons. The monoisotopic (exact) mass is 385 g/mol. The summed E-state index contributed by atoms with van der Waals surface area (Å²) in [5.74, 6) is 1.59. The number of likely N-dealkylation sites (tertiary alicyclic amines) is 1. The van der Waals surface area contributed by atoms with E-state index >= 15 is 0 Å².